The Hall–Kier alpha value is -2.45. The molecule has 1 saturated heterocycles. The fraction of sp³-hybridized carbons (Fsp3) is 0.480. The average Bonchev–Trinajstić information content (AvgIpc) is 2.84. The molecule has 0 saturated carbocycles. The molecule has 2 heterocycles. The number of ether oxygens (including phenoxy) is 1. The van der Waals surface area contributed by atoms with Crippen LogP contribution in [0.15, 0.2) is 53.4 Å². The minimum Gasteiger partial charge on any atom is -0.487 e. The molecule has 0 radical (unpaired) electrons. The van der Waals surface area contributed by atoms with E-state index in [4.69, 9.17) is 4.74 Å². The monoisotopic (exact) mass is 474 g/mol. The van der Waals surface area contributed by atoms with Crippen molar-refractivity contribution in [2.24, 2.45) is 5.92 Å². The quantitative estimate of drug-likeness (QED) is 0.672. The van der Waals surface area contributed by atoms with Crippen LogP contribution in [-0.2, 0) is 14.8 Å². The summed E-state index contributed by atoms with van der Waals surface area (Å²) in [6, 6.07) is 12.4. The Morgan fingerprint density at radius 2 is 1.85 bits per heavy atom. The largest absolute Gasteiger partial charge is 0.487 e. The second-order valence-corrected chi connectivity index (χ2v) is 10.9. The highest BCUT2D eigenvalue weighted by Gasteiger charge is 2.40. The van der Waals surface area contributed by atoms with E-state index in [1.807, 2.05) is 24.3 Å². The van der Waals surface area contributed by atoms with E-state index in [0.29, 0.717) is 25.8 Å². The number of sulfonamides is 1. The molecule has 1 amide bonds. The van der Waals surface area contributed by atoms with Gasteiger partial charge in [0.15, 0.2) is 0 Å². The van der Waals surface area contributed by atoms with Crippen LogP contribution < -0.4 is 10.1 Å². The van der Waals surface area contributed by atoms with Crippen LogP contribution in [0.25, 0.3) is 0 Å². The number of piperidine rings is 1. The van der Waals surface area contributed by atoms with Crippen LogP contribution in [0.5, 0.6) is 5.75 Å². The first-order valence-corrected chi connectivity index (χ1v) is 13.1. The molecular formula is C25H31FN2O4S. The van der Waals surface area contributed by atoms with Crippen LogP contribution in [0.3, 0.4) is 0 Å². The zero-order chi connectivity index (χ0) is 23.6. The Morgan fingerprint density at radius 3 is 2.55 bits per heavy atom. The maximum absolute atomic E-state index is 13.3. The second-order valence-electron chi connectivity index (χ2n) is 8.95. The third-order valence-corrected chi connectivity index (χ3v) is 8.89. The van der Waals surface area contributed by atoms with Crippen molar-refractivity contribution in [3.05, 3.63) is 59.9 Å². The number of benzene rings is 2. The van der Waals surface area contributed by atoms with Crippen LogP contribution in [0.4, 0.5) is 4.39 Å². The highest BCUT2D eigenvalue weighted by molar-refractivity contribution is 7.89. The van der Waals surface area contributed by atoms with Gasteiger partial charge < -0.3 is 10.1 Å². The number of carbonyl (C=O) groups excluding carboxylic acids is 1. The number of hydrogen-bond acceptors (Lipinski definition) is 4. The zero-order valence-electron chi connectivity index (χ0n) is 19.1. The molecule has 2 aliphatic heterocycles. The maximum atomic E-state index is 13.3. The molecule has 2 aromatic carbocycles. The van der Waals surface area contributed by atoms with Crippen LogP contribution in [0.1, 0.15) is 57.6 Å². The molecule has 33 heavy (non-hydrogen) atoms. The molecule has 6 nitrogen and oxygen atoms in total. The Labute approximate surface area is 195 Å². The minimum atomic E-state index is -3.79. The molecule has 8 heteroatoms. The van der Waals surface area contributed by atoms with Gasteiger partial charge in [0.25, 0.3) is 0 Å². The fourth-order valence-electron chi connectivity index (χ4n) is 4.85. The molecule has 2 aromatic rings. The first kappa shape index (κ1) is 23.7. The van der Waals surface area contributed by atoms with Crippen molar-refractivity contribution < 1.29 is 22.3 Å². The Balaban J connectivity index is 1.51. The van der Waals surface area contributed by atoms with E-state index in [0.717, 1.165) is 36.3 Å². The van der Waals surface area contributed by atoms with E-state index < -0.39 is 21.8 Å². The Kier molecular flexibility index (Phi) is 6.77. The van der Waals surface area contributed by atoms with Crippen LogP contribution in [-0.4, -0.2) is 37.3 Å². The standard InChI is InChI=1S/C25H31FN2O4S/c1-3-25(4-2)16-22(21-9-5-6-10-23(21)32-25)27-24(29)18-8-7-15-28(17-18)33(30,31)20-13-11-19(26)12-14-20/h5-6,9-14,18,22H,3-4,7-8,15-17H2,1-2H3,(H,27,29)/t18-,22-/m1/s1. The molecule has 1 N–H and O–H groups in total. The van der Waals surface area contributed by atoms with Gasteiger partial charge in [0.05, 0.1) is 16.9 Å². The van der Waals surface area contributed by atoms with Gasteiger partial charge in [-0.3, -0.25) is 4.79 Å². The molecular weight excluding hydrogens is 443 g/mol. The van der Waals surface area contributed by atoms with Crippen molar-refractivity contribution in [1.82, 2.24) is 9.62 Å². The molecule has 4 rings (SSSR count). The van der Waals surface area contributed by atoms with Gasteiger partial charge in [0, 0.05) is 25.1 Å². The lowest BCUT2D eigenvalue weighted by Gasteiger charge is -2.42. The van der Waals surface area contributed by atoms with E-state index in [1.54, 1.807) is 0 Å². The summed E-state index contributed by atoms with van der Waals surface area (Å²) in [5.74, 6) is -0.280. The summed E-state index contributed by atoms with van der Waals surface area (Å²) in [6.45, 7) is 4.65. The summed E-state index contributed by atoms with van der Waals surface area (Å²) >= 11 is 0. The van der Waals surface area contributed by atoms with Gasteiger partial charge in [-0.25, -0.2) is 12.8 Å². The number of fused-ring (bicyclic) bond motifs is 1. The lowest BCUT2D eigenvalue weighted by molar-refractivity contribution is -0.127. The number of rotatable bonds is 6. The summed E-state index contributed by atoms with van der Waals surface area (Å²) in [5, 5.41) is 3.20. The molecule has 0 aromatic heterocycles. The fourth-order valence-corrected chi connectivity index (χ4v) is 6.37. The molecule has 0 unspecified atom stereocenters. The number of nitrogens with zero attached hydrogens (tertiary/aromatic N) is 1. The molecule has 2 atom stereocenters. The predicted molar refractivity (Wildman–Crippen MR) is 124 cm³/mol. The molecule has 0 bridgehead atoms. The normalized spacial score (nSPS) is 22.8. The first-order chi connectivity index (χ1) is 15.8. The Bertz CT molecular complexity index is 1100. The molecule has 178 valence electrons. The number of carbonyl (C=O) groups is 1. The van der Waals surface area contributed by atoms with E-state index >= 15 is 0 Å². The topological polar surface area (TPSA) is 75.7 Å². The number of para-hydroxylation sites is 1. The van der Waals surface area contributed by atoms with E-state index in [1.165, 1.54) is 16.4 Å². The maximum Gasteiger partial charge on any atom is 0.243 e. The second kappa shape index (κ2) is 9.43. The summed E-state index contributed by atoms with van der Waals surface area (Å²) in [7, 11) is -3.79. The SMILES string of the molecule is CCC1(CC)C[C@@H](NC(=O)[C@@H]2CCCN(S(=O)(=O)c3ccc(F)cc3)C2)c2ccccc2O1. The van der Waals surface area contributed by atoms with Gasteiger partial charge in [0.2, 0.25) is 15.9 Å². The third-order valence-electron chi connectivity index (χ3n) is 7.01. The number of halogens is 1. The van der Waals surface area contributed by atoms with Gasteiger partial charge in [0.1, 0.15) is 17.2 Å². The molecule has 1 fully saturated rings. The lowest BCUT2D eigenvalue weighted by Crippen LogP contribution is -2.49. The van der Waals surface area contributed by atoms with E-state index in [9.17, 15) is 17.6 Å². The first-order valence-electron chi connectivity index (χ1n) is 11.6. The van der Waals surface area contributed by atoms with Gasteiger partial charge in [-0.15, -0.1) is 0 Å². The summed E-state index contributed by atoms with van der Waals surface area (Å²) in [4.78, 5) is 13.3. The number of nitrogens with one attached hydrogen (secondary N) is 1. The summed E-state index contributed by atoms with van der Waals surface area (Å²) in [6.07, 6.45) is 3.55. The summed E-state index contributed by atoms with van der Waals surface area (Å²) < 4.78 is 47.0. The lowest BCUT2D eigenvalue weighted by atomic mass is 9.83. The molecule has 2 aliphatic rings. The van der Waals surface area contributed by atoms with Gasteiger partial charge >= 0.3 is 0 Å². The van der Waals surface area contributed by atoms with Gasteiger partial charge in [-0.05, 0) is 56.0 Å². The van der Waals surface area contributed by atoms with Crippen LogP contribution >= 0.6 is 0 Å². The highest BCUT2D eigenvalue weighted by atomic mass is 32.2. The van der Waals surface area contributed by atoms with Crippen molar-refractivity contribution in [2.45, 2.75) is 62.5 Å². The molecule has 0 spiro atoms. The van der Waals surface area contributed by atoms with Gasteiger partial charge in [-0.1, -0.05) is 32.0 Å². The highest BCUT2D eigenvalue weighted by Crippen LogP contribution is 2.42. The van der Waals surface area contributed by atoms with Crippen LogP contribution in [0, 0.1) is 11.7 Å². The van der Waals surface area contributed by atoms with Crippen LogP contribution in [0.2, 0.25) is 0 Å². The van der Waals surface area contributed by atoms with E-state index in [-0.39, 0.29) is 29.0 Å². The average molecular weight is 475 g/mol. The van der Waals surface area contributed by atoms with Gasteiger partial charge in [-0.2, -0.15) is 4.31 Å². The van der Waals surface area contributed by atoms with Crippen molar-refractivity contribution >= 4 is 15.9 Å². The molecule has 0 aliphatic carbocycles. The third kappa shape index (κ3) is 4.77. The van der Waals surface area contributed by atoms with E-state index in [2.05, 4.69) is 19.2 Å². The number of amides is 1. The minimum absolute atomic E-state index is 0.0407. The van der Waals surface area contributed by atoms with Crippen molar-refractivity contribution in [1.29, 1.82) is 0 Å². The Morgan fingerprint density at radius 1 is 1.15 bits per heavy atom. The number of hydrogen-bond donors (Lipinski definition) is 1. The predicted octanol–water partition coefficient (Wildman–Crippen LogP) is 4.43. The zero-order valence-corrected chi connectivity index (χ0v) is 19.9. The smallest absolute Gasteiger partial charge is 0.243 e. The summed E-state index contributed by atoms with van der Waals surface area (Å²) in [5.41, 5.74) is 0.617. The van der Waals surface area contributed by atoms with Crippen molar-refractivity contribution in [3.63, 3.8) is 0 Å². The van der Waals surface area contributed by atoms with Crippen molar-refractivity contribution in [3.8, 4) is 5.75 Å². The van der Waals surface area contributed by atoms with Crippen molar-refractivity contribution in [2.75, 3.05) is 13.1 Å².